The van der Waals surface area contributed by atoms with E-state index in [0.29, 0.717) is 22.3 Å². The van der Waals surface area contributed by atoms with Crippen LogP contribution in [-0.4, -0.2) is 48.6 Å². The molecule has 1 aliphatic rings. The van der Waals surface area contributed by atoms with Gasteiger partial charge in [0.15, 0.2) is 0 Å². The van der Waals surface area contributed by atoms with Crippen LogP contribution in [0, 0.1) is 0 Å². The molecule has 25 heavy (non-hydrogen) atoms. The third-order valence-corrected chi connectivity index (χ3v) is 4.90. The zero-order chi connectivity index (χ0) is 17.8. The summed E-state index contributed by atoms with van der Waals surface area (Å²) in [5.74, 6) is 0.192. The van der Waals surface area contributed by atoms with Gasteiger partial charge in [0.05, 0.1) is 16.6 Å². The molecular formula is C18H19Cl2N3O2. The van der Waals surface area contributed by atoms with Crippen molar-refractivity contribution in [2.24, 2.45) is 0 Å². The fourth-order valence-electron chi connectivity index (χ4n) is 2.81. The monoisotopic (exact) mass is 379 g/mol. The number of piperazine rings is 1. The van der Waals surface area contributed by atoms with Gasteiger partial charge in [-0.25, -0.2) is 0 Å². The van der Waals surface area contributed by atoms with Gasteiger partial charge in [-0.05, 0) is 42.5 Å². The van der Waals surface area contributed by atoms with Crippen molar-refractivity contribution < 1.29 is 9.90 Å². The lowest BCUT2D eigenvalue weighted by molar-refractivity contribution is -0.117. The van der Waals surface area contributed by atoms with E-state index in [0.717, 1.165) is 31.9 Å². The van der Waals surface area contributed by atoms with Gasteiger partial charge in [-0.1, -0.05) is 23.2 Å². The predicted molar refractivity (Wildman–Crippen MR) is 102 cm³/mol. The van der Waals surface area contributed by atoms with Crippen molar-refractivity contribution in [2.75, 3.05) is 42.9 Å². The van der Waals surface area contributed by atoms with Crippen LogP contribution >= 0.6 is 23.2 Å². The van der Waals surface area contributed by atoms with Crippen molar-refractivity contribution in [3.8, 4) is 5.75 Å². The minimum Gasteiger partial charge on any atom is -0.508 e. The maximum Gasteiger partial charge on any atom is 0.238 e. The van der Waals surface area contributed by atoms with Crippen LogP contribution in [-0.2, 0) is 4.79 Å². The lowest BCUT2D eigenvalue weighted by Crippen LogP contribution is -2.48. The molecule has 3 rings (SSSR count). The smallest absolute Gasteiger partial charge is 0.238 e. The zero-order valence-corrected chi connectivity index (χ0v) is 15.1. The lowest BCUT2D eigenvalue weighted by atomic mass is 10.2. The van der Waals surface area contributed by atoms with E-state index < -0.39 is 0 Å². The maximum atomic E-state index is 12.2. The highest BCUT2D eigenvalue weighted by molar-refractivity contribution is 6.42. The first-order valence-corrected chi connectivity index (χ1v) is 8.78. The fraction of sp³-hybridized carbons (Fsp3) is 0.278. The summed E-state index contributed by atoms with van der Waals surface area (Å²) in [6, 6.07) is 12.2. The van der Waals surface area contributed by atoms with Gasteiger partial charge in [0, 0.05) is 37.6 Å². The summed E-state index contributed by atoms with van der Waals surface area (Å²) >= 11 is 11.8. The average Bonchev–Trinajstić information content (AvgIpc) is 2.60. The number of halogens is 2. The molecule has 0 aromatic heterocycles. The number of rotatable bonds is 4. The second-order valence-electron chi connectivity index (χ2n) is 5.96. The van der Waals surface area contributed by atoms with Crippen molar-refractivity contribution in [3.05, 3.63) is 52.5 Å². The van der Waals surface area contributed by atoms with Crippen LogP contribution in [0.5, 0.6) is 5.75 Å². The number of nitrogens with zero attached hydrogens (tertiary/aromatic N) is 2. The van der Waals surface area contributed by atoms with E-state index in [4.69, 9.17) is 23.2 Å². The molecule has 7 heteroatoms. The number of nitrogens with one attached hydrogen (secondary N) is 1. The summed E-state index contributed by atoms with van der Waals surface area (Å²) in [5, 5.41) is 13.1. The Labute approximate surface area is 156 Å². The third kappa shape index (κ3) is 4.78. The van der Waals surface area contributed by atoms with E-state index in [1.54, 1.807) is 30.3 Å². The Morgan fingerprint density at radius 3 is 2.32 bits per heavy atom. The van der Waals surface area contributed by atoms with E-state index in [1.165, 1.54) is 0 Å². The van der Waals surface area contributed by atoms with Gasteiger partial charge in [0.1, 0.15) is 5.75 Å². The minimum absolute atomic E-state index is 0.0727. The van der Waals surface area contributed by atoms with Gasteiger partial charge < -0.3 is 15.3 Å². The molecule has 1 fully saturated rings. The summed E-state index contributed by atoms with van der Waals surface area (Å²) < 4.78 is 0. The Hall–Kier alpha value is -1.95. The van der Waals surface area contributed by atoms with Gasteiger partial charge >= 0.3 is 0 Å². The van der Waals surface area contributed by atoms with Gasteiger partial charge in [0.2, 0.25) is 5.91 Å². The number of benzene rings is 2. The van der Waals surface area contributed by atoms with Crippen molar-refractivity contribution >= 4 is 40.5 Å². The number of carbonyl (C=O) groups is 1. The second kappa shape index (κ2) is 7.95. The van der Waals surface area contributed by atoms with Gasteiger partial charge in [-0.3, -0.25) is 9.69 Å². The van der Waals surface area contributed by atoms with Crippen molar-refractivity contribution in [3.63, 3.8) is 0 Å². The second-order valence-corrected chi connectivity index (χ2v) is 6.77. The van der Waals surface area contributed by atoms with Crippen LogP contribution in [0.2, 0.25) is 10.0 Å². The summed E-state index contributed by atoms with van der Waals surface area (Å²) in [6.07, 6.45) is 0. The van der Waals surface area contributed by atoms with Crippen LogP contribution in [0.1, 0.15) is 0 Å². The van der Waals surface area contributed by atoms with E-state index >= 15 is 0 Å². The van der Waals surface area contributed by atoms with Crippen molar-refractivity contribution in [1.82, 2.24) is 4.90 Å². The van der Waals surface area contributed by atoms with Gasteiger partial charge in [-0.15, -0.1) is 0 Å². The number of phenols is 1. The van der Waals surface area contributed by atoms with Crippen LogP contribution < -0.4 is 10.2 Å². The quantitative estimate of drug-likeness (QED) is 0.853. The van der Waals surface area contributed by atoms with Gasteiger partial charge in [0.25, 0.3) is 0 Å². The molecule has 0 radical (unpaired) electrons. The van der Waals surface area contributed by atoms with E-state index in [9.17, 15) is 9.90 Å². The first-order valence-electron chi connectivity index (χ1n) is 8.02. The van der Waals surface area contributed by atoms with Crippen LogP contribution in [0.25, 0.3) is 0 Å². The molecule has 1 heterocycles. The summed E-state index contributed by atoms with van der Waals surface area (Å²) in [6.45, 7) is 3.62. The molecule has 1 amide bonds. The van der Waals surface area contributed by atoms with E-state index in [1.807, 2.05) is 12.1 Å². The maximum absolute atomic E-state index is 12.2. The molecule has 0 unspecified atom stereocenters. The Morgan fingerprint density at radius 2 is 1.68 bits per heavy atom. The van der Waals surface area contributed by atoms with Crippen molar-refractivity contribution in [2.45, 2.75) is 0 Å². The normalized spacial score (nSPS) is 15.2. The number of carbonyl (C=O) groups excluding carboxylic acids is 1. The third-order valence-electron chi connectivity index (χ3n) is 4.16. The molecule has 0 atom stereocenters. The fourth-order valence-corrected chi connectivity index (χ4v) is 3.10. The number of hydrogen-bond donors (Lipinski definition) is 2. The molecule has 2 aromatic carbocycles. The molecule has 5 nitrogen and oxygen atoms in total. The van der Waals surface area contributed by atoms with Crippen LogP contribution in [0.3, 0.4) is 0 Å². The summed E-state index contributed by atoms with van der Waals surface area (Å²) in [5.41, 5.74) is 1.72. The topological polar surface area (TPSA) is 55.8 Å². The van der Waals surface area contributed by atoms with Crippen molar-refractivity contribution in [1.29, 1.82) is 0 Å². The van der Waals surface area contributed by atoms with Gasteiger partial charge in [-0.2, -0.15) is 0 Å². The molecule has 2 N–H and O–H groups in total. The number of anilines is 2. The van der Waals surface area contributed by atoms with E-state index in [-0.39, 0.29) is 11.7 Å². The molecule has 0 bridgehead atoms. The molecule has 0 saturated carbocycles. The zero-order valence-electron chi connectivity index (χ0n) is 13.6. The standard InChI is InChI=1S/C18H19Cl2N3O2/c19-16-6-1-13(11-17(16)20)21-18(25)12-22-7-9-23(10-8-22)14-2-4-15(24)5-3-14/h1-6,11,24H,7-10,12H2,(H,21,25). The SMILES string of the molecule is O=C(CN1CCN(c2ccc(O)cc2)CC1)Nc1ccc(Cl)c(Cl)c1. The number of amides is 1. The Balaban J connectivity index is 1.49. The highest BCUT2D eigenvalue weighted by Gasteiger charge is 2.19. The molecule has 1 aliphatic heterocycles. The largest absolute Gasteiger partial charge is 0.508 e. The van der Waals surface area contributed by atoms with E-state index in [2.05, 4.69) is 15.1 Å². The Kier molecular flexibility index (Phi) is 5.68. The number of aromatic hydroxyl groups is 1. The average molecular weight is 380 g/mol. The molecular weight excluding hydrogens is 361 g/mol. The molecule has 0 spiro atoms. The Bertz CT molecular complexity index is 744. The Morgan fingerprint density at radius 1 is 1.00 bits per heavy atom. The minimum atomic E-state index is -0.0727. The summed E-state index contributed by atoms with van der Waals surface area (Å²) in [7, 11) is 0. The number of hydrogen-bond acceptors (Lipinski definition) is 4. The molecule has 0 aliphatic carbocycles. The summed E-state index contributed by atoms with van der Waals surface area (Å²) in [4.78, 5) is 16.6. The van der Waals surface area contributed by atoms with Crippen LogP contribution in [0.4, 0.5) is 11.4 Å². The molecule has 132 valence electrons. The first-order chi connectivity index (χ1) is 12.0. The highest BCUT2D eigenvalue weighted by atomic mass is 35.5. The molecule has 1 saturated heterocycles. The number of phenolic OH excluding ortho intramolecular Hbond substituents is 1. The van der Waals surface area contributed by atoms with Crippen LogP contribution in [0.15, 0.2) is 42.5 Å². The molecule has 2 aromatic rings. The predicted octanol–water partition coefficient (Wildman–Crippen LogP) is 3.46. The highest BCUT2D eigenvalue weighted by Crippen LogP contribution is 2.25. The lowest BCUT2D eigenvalue weighted by Gasteiger charge is -2.35. The first kappa shape index (κ1) is 17.9.